The van der Waals surface area contributed by atoms with Gasteiger partial charge in [-0.15, -0.1) is 5.10 Å². The third-order valence-corrected chi connectivity index (χ3v) is 2.62. The molecule has 10 nitrogen and oxygen atoms in total. The van der Waals surface area contributed by atoms with Gasteiger partial charge in [-0.1, -0.05) is 5.21 Å². The molecule has 1 amide bonds. The number of nitrogens with zero attached hydrogens (tertiary/aromatic N) is 3. The van der Waals surface area contributed by atoms with Crippen LogP contribution in [0.25, 0.3) is 0 Å². The van der Waals surface area contributed by atoms with E-state index in [2.05, 4.69) is 15.6 Å². The number of carbonyl (C=O) groups is 3. The van der Waals surface area contributed by atoms with Crippen molar-refractivity contribution in [2.45, 2.75) is 31.8 Å². The van der Waals surface area contributed by atoms with Crippen LogP contribution in [0.4, 0.5) is 0 Å². The van der Waals surface area contributed by atoms with Gasteiger partial charge in [-0.2, -0.15) is 0 Å². The SMILES string of the molecule is NCCn1cc(C(=O)N[C@H](CCCC(=O)O)C(=O)O)nn1. The monoisotopic (exact) mass is 299 g/mol. The fourth-order valence-electron chi connectivity index (χ4n) is 1.59. The molecule has 5 N–H and O–H groups in total. The van der Waals surface area contributed by atoms with Gasteiger partial charge in [0.2, 0.25) is 0 Å². The van der Waals surface area contributed by atoms with E-state index in [0.29, 0.717) is 13.1 Å². The van der Waals surface area contributed by atoms with E-state index in [1.54, 1.807) is 0 Å². The minimum atomic E-state index is -1.23. The number of hydrogen-bond acceptors (Lipinski definition) is 6. The molecule has 1 heterocycles. The Labute approximate surface area is 119 Å². The van der Waals surface area contributed by atoms with Crippen molar-refractivity contribution >= 4 is 17.8 Å². The average Bonchev–Trinajstić information content (AvgIpc) is 2.86. The Morgan fingerprint density at radius 3 is 2.67 bits per heavy atom. The molecule has 0 aliphatic carbocycles. The number of rotatable bonds is 9. The molecule has 0 radical (unpaired) electrons. The molecule has 10 heteroatoms. The summed E-state index contributed by atoms with van der Waals surface area (Å²) >= 11 is 0. The van der Waals surface area contributed by atoms with E-state index in [9.17, 15) is 14.4 Å². The van der Waals surface area contributed by atoms with E-state index in [-0.39, 0.29) is 25.0 Å². The second-order valence-electron chi connectivity index (χ2n) is 4.31. The van der Waals surface area contributed by atoms with Crippen molar-refractivity contribution in [1.82, 2.24) is 20.3 Å². The third kappa shape index (κ3) is 5.57. The van der Waals surface area contributed by atoms with E-state index < -0.39 is 23.9 Å². The van der Waals surface area contributed by atoms with Gasteiger partial charge in [-0.05, 0) is 12.8 Å². The Kier molecular flexibility index (Phi) is 6.27. The largest absolute Gasteiger partial charge is 0.481 e. The Morgan fingerprint density at radius 1 is 1.38 bits per heavy atom. The third-order valence-electron chi connectivity index (χ3n) is 2.62. The van der Waals surface area contributed by atoms with Crippen LogP contribution in [0, 0.1) is 0 Å². The molecule has 1 aromatic heterocycles. The van der Waals surface area contributed by atoms with Crippen LogP contribution in [0.1, 0.15) is 29.8 Å². The number of carbonyl (C=O) groups excluding carboxylic acids is 1. The van der Waals surface area contributed by atoms with Gasteiger partial charge in [0, 0.05) is 13.0 Å². The lowest BCUT2D eigenvalue weighted by molar-refractivity contribution is -0.140. The van der Waals surface area contributed by atoms with Crippen LogP contribution in [0.2, 0.25) is 0 Å². The maximum absolute atomic E-state index is 11.8. The molecule has 0 bridgehead atoms. The molecule has 0 saturated heterocycles. The second kappa shape index (κ2) is 7.94. The Bertz CT molecular complexity index is 515. The zero-order valence-corrected chi connectivity index (χ0v) is 11.2. The molecule has 0 fully saturated rings. The summed E-state index contributed by atoms with van der Waals surface area (Å²) in [5.41, 5.74) is 5.31. The van der Waals surface area contributed by atoms with Gasteiger partial charge in [0.1, 0.15) is 6.04 Å². The van der Waals surface area contributed by atoms with Crippen molar-refractivity contribution in [2.75, 3.05) is 6.54 Å². The predicted octanol–water partition coefficient (Wildman–Crippen LogP) is -1.33. The van der Waals surface area contributed by atoms with Gasteiger partial charge in [-0.25, -0.2) is 4.79 Å². The molecule has 1 atom stereocenters. The number of carboxylic acids is 2. The number of aromatic nitrogens is 3. The molecule has 0 aromatic carbocycles. The van der Waals surface area contributed by atoms with E-state index in [0.717, 1.165) is 0 Å². The number of nitrogens with two attached hydrogens (primary N) is 1. The lowest BCUT2D eigenvalue weighted by Gasteiger charge is -2.12. The van der Waals surface area contributed by atoms with Gasteiger partial charge >= 0.3 is 11.9 Å². The fraction of sp³-hybridized carbons (Fsp3) is 0.545. The van der Waals surface area contributed by atoms with Gasteiger partial charge in [0.25, 0.3) is 5.91 Å². The number of nitrogens with one attached hydrogen (secondary N) is 1. The molecule has 21 heavy (non-hydrogen) atoms. The Hall–Kier alpha value is -2.49. The highest BCUT2D eigenvalue weighted by molar-refractivity contribution is 5.94. The van der Waals surface area contributed by atoms with Crippen molar-refractivity contribution < 1.29 is 24.6 Å². The van der Waals surface area contributed by atoms with Gasteiger partial charge in [-0.3, -0.25) is 14.3 Å². The molecule has 0 saturated carbocycles. The summed E-state index contributed by atoms with van der Waals surface area (Å²) in [6.07, 6.45) is 1.36. The van der Waals surface area contributed by atoms with Crippen LogP contribution < -0.4 is 11.1 Å². The van der Waals surface area contributed by atoms with Crippen LogP contribution in [0.5, 0.6) is 0 Å². The van der Waals surface area contributed by atoms with Crippen LogP contribution in [0.15, 0.2) is 6.20 Å². The number of carboxylic acid groups (broad SMARTS) is 2. The van der Waals surface area contributed by atoms with Crippen LogP contribution in [-0.4, -0.2) is 55.6 Å². The highest BCUT2D eigenvalue weighted by Gasteiger charge is 2.22. The Balaban J connectivity index is 2.58. The standard InChI is InChI=1S/C11H17N5O5/c12-4-5-16-6-8(14-15-16)10(19)13-7(11(20)21)2-1-3-9(17)18/h6-7H,1-5,12H2,(H,13,19)(H,17,18)(H,20,21)/t7-/m1/s1. The topological polar surface area (TPSA) is 160 Å². The minimum Gasteiger partial charge on any atom is -0.481 e. The Morgan fingerprint density at radius 2 is 2.10 bits per heavy atom. The molecule has 0 aliphatic heterocycles. The average molecular weight is 299 g/mol. The maximum Gasteiger partial charge on any atom is 0.326 e. The minimum absolute atomic E-state index is 0.0182. The van der Waals surface area contributed by atoms with Crippen LogP contribution >= 0.6 is 0 Å². The molecule has 0 spiro atoms. The fourth-order valence-corrected chi connectivity index (χ4v) is 1.59. The number of aliphatic carboxylic acids is 2. The summed E-state index contributed by atoms with van der Waals surface area (Å²) < 4.78 is 1.37. The lowest BCUT2D eigenvalue weighted by atomic mass is 10.1. The molecule has 0 aliphatic rings. The molecule has 1 aromatic rings. The summed E-state index contributed by atoms with van der Waals surface area (Å²) in [5.74, 6) is -2.93. The van der Waals surface area contributed by atoms with E-state index >= 15 is 0 Å². The van der Waals surface area contributed by atoms with Crippen LogP contribution in [0.3, 0.4) is 0 Å². The zero-order chi connectivity index (χ0) is 15.8. The predicted molar refractivity (Wildman–Crippen MR) is 69.5 cm³/mol. The number of hydrogen-bond donors (Lipinski definition) is 4. The molecule has 116 valence electrons. The summed E-state index contributed by atoms with van der Waals surface area (Å²) in [5, 5.41) is 27.1. The summed E-state index contributed by atoms with van der Waals surface area (Å²) in [6, 6.07) is -1.17. The number of amides is 1. The molecular formula is C11H17N5O5. The lowest BCUT2D eigenvalue weighted by Crippen LogP contribution is -2.41. The van der Waals surface area contributed by atoms with E-state index in [1.807, 2.05) is 0 Å². The van der Waals surface area contributed by atoms with Gasteiger partial charge in [0.15, 0.2) is 5.69 Å². The van der Waals surface area contributed by atoms with Gasteiger partial charge < -0.3 is 21.3 Å². The highest BCUT2D eigenvalue weighted by Crippen LogP contribution is 2.03. The second-order valence-corrected chi connectivity index (χ2v) is 4.31. The van der Waals surface area contributed by atoms with Crippen molar-refractivity contribution in [3.05, 3.63) is 11.9 Å². The first-order chi connectivity index (χ1) is 9.93. The molecule has 0 unspecified atom stereocenters. The summed E-state index contributed by atoms with van der Waals surface area (Å²) in [7, 11) is 0. The van der Waals surface area contributed by atoms with Gasteiger partial charge in [0.05, 0.1) is 12.7 Å². The van der Waals surface area contributed by atoms with Crippen molar-refractivity contribution in [1.29, 1.82) is 0 Å². The quantitative estimate of drug-likeness (QED) is 0.436. The first kappa shape index (κ1) is 16.6. The molecule has 1 rings (SSSR count). The zero-order valence-electron chi connectivity index (χ0n) is 11.2. The summed E-state index contributed by atoms with van der Waals surface area (Å²) in [6.45, 7) is 0.721. The van der Waals surface area contributed by atoms with Crippen molar-refractivity contribution in [3.8, 4) is 0 Å². The maximum atomic E-state index is 11.8. The van der Waals surface area contributed by atoms with Crippen molar-refractivity contribution in [2.24, 2.45) is 5.73 Å². The van der Waals surface area contributed by atoms with Crippen molar-refractivity contribution in [3.63, 3.8) is 0 Å². The first-order valence-electron chi connectivity index (χ1n) is 6.29. The smallest absolute Gasteiger partial charge is 0.326 e. The highest BCUT2D eigenvalue weighted by atomic mass is 16.4. The van der Waals surface area contributed by atoms with E-state index in [1.165, 1.54) is 10.9 Å². The van der Waals surface area contributed by atoms with E-state index in [4.69, 9.17) is 15.9 Å². The van der Waals surface area contributed by atoms with Crippen LogP contribution in [-0.2, 0) is 16.1 Å². The molecular weight excluding hydrogens is 282 g/mol. The normalized spacial score (nSPS) is 11.9. The summed E-state index contributed by atoms with van der Waals surface area (Å²) in [4.78, 5) is 33.3. The first-order valence-corrected chi connectivity index (χ1v) is 6.29.